The molecule has 0 bridgehead atoms. The van der Waals surface area contributed by atoms with Crippen LogP contribution >= 0.6 is 15.9 Å². The van der Waals surface area contributed by atoms with Gasteiger partial charge in [0.2, 0.25) is 0 Å². The number of halogens is 1. The summed E-state index contributed by atoms with van der Waals surface area (Å²) in [6.07, 6.45) is 5.44. The molecule has 18 heavy (non-hydrogen) atoms. The van der Waals surface area contributed by atoms with Crippen LogP contribution in [-0.4, -0.2) is 4.83 Å². The molecule has 0 heterocycles. The molecule has 0 aromatic heterocycles. The number of hydrogen-bond acceptors (Lipinski definition) is 1. The van der Waals surface area contributed by atoms with Crippen LogP contribution in [0.5, 0.6) is 0 Å². The molecule has 2 fully saturated rings. The van der Waals surface area contributed by atoms with Crippen molar-refractivity contribution >= 4 is 15.9 Å². The smallest absolute Gasteiger partial charge is 0.0628 e. The number of fused-ring (bicyclic) bond motifs is 1. The van der Waals surface area contributed by atoms with Crippen LogP contribution in [0.15, 0.2) is 12.2 Å². The lowest BCUT2D eigenvalue weighted by molar-refractivity contribution is -0.0448. The first-order valence-corrected chi connectivity index (χ1v) is 7.94. The first-order chi connectivity index (χ1) is 8.34. The molecule has 0 unspecified atom stereocenters. The summed E-state index contributed by atoms with van der Waals surface area (Å²) in [5, 5.41) is 9.12. The Hall–Kier alpha value is -0.290. The highest BCUT2D eigenvalue weighted by molar-refractivity contribution is 9.09. The molecule has 0 saturated heterocycles. The molecular formula is C16H24BrN. The molecule has 0 aliphatic heterocycles. The van der Waals surface area contributed by atoms with E-state index in [0.29, 0.717) is 28.5 Å². The zero-order valence-corrected chi connectivity index (χ0v) is 13.4. The van der Waals surface area contributed by atoms with Gasteiger partial charge in [-0.1, -0.05) is 48.9 Å². The molecule has 4 atom stereocenters. The lowest BCUT2D eigenvalue weighted by Crippen LogP contribution is -2.53. The number of rotatable bonds is 1. The third-order valence-electron chi connectivity index (χ3n) is 5.78. The van der Waals surface area contributed by atoms with Gasteiger partial charge < -0.3 is 0 Å². The zero-order chi connectivity index (χ0) is 13.6. The molecule has 2 aliphatic rings. The van der Waals surface area contributed by atoms with Gasteiger partial charge in [0, 0.05) is 11.2 Å². The van der Waals surface area contributed by atoms with Crippen molar-refractivity contribution in [2.24, 2.45) is 22.7 Å². The quantitative estimate of drug-likeness (QED) is 0.490. The third kappa shape index (κ3) is 1.95. The van der Waals surface area contributed by atoms with Gasteiger partial charge in [-0.25, -0.2) is 0 Å². The van der Waals surface area contributed by atoms with Crippen molar-refractivity contribution in [2.75, 3.05) is 0 Å². The van der Waals surface area contributed by atoms with Crippen molar-refractivity contribution in [1.82, 2.24) is 0 Å². The molecule has 0 aromatic rings. The maximum absolute atomic E-state index is 9.12. The fraction of sp³-hybridized carbons (Fsp3) is 0.812. The van der Waals surface area contributed by atoms with E-state index in [-0.39, 0.29) is 5.41 Å². The summed E-state index contributed by atoms with van der Waals surface area (Å²) in [5.41, 5.74) is 1.92. The first kappa shape index (κ1) is 14.1. The fourth-order valence-electron chi connectivity index (χ4n) is 4.61. The summed E-state index contributed by atoms with van der Waals surface area (Å²) in [4.78, 5) is 0.608. The highest BCUT2D eigenvalue weighted by atomic mass is 79.9. The van der Waals surface area contributed by atoms with Crippen LogP contribution in [0, 0.1) is 34.0 Å². The Morgan fingerprint density at radius 3 is 2.67 bits per heavy atom. The predicted molar refractivity (Wildman–Crippen MR) is 79.4 cm³/mol. The second kappa shape index (κ2) is 4.67. The maximum atomic E-state index is 9.12. The third-order valence-corrected chi connectivity index (χ3v) is 7.41. The Balaban J connectivity index is 2.38. The van der Waals surface area contributed by atoms with E-state index in [4.69, 9.17) is 5.26 Å². The van der Waals surface area contributed by atoms with Crippen molar-refractivity contribution in [3.63, 3.8) is 0 Å². The van der Waals surface area contributed by atoms with E-state index < -0.39 is 0 Å². The van der Waals surface area contributed by atoms with E-state index in [2.05, 4.69) is 49.3 Å². The van der Waals surface area contributed by atoms with Gasteiger partial charge in [0.15, 0.2) is 0 Å². The molecule has 2 aliphatic carbocycles. The summed E-state index contributed by atoms with van der Waals surface area (Å²) < 4.78 is 0. The van der Waals surface area contributed by atoms with E-state index in [1.54, 1.807) is 0 Å². The molecule has 0 amide bonds. The van der Waals surface area contributed by atoms with E-state index in [0.717, 1.165) is 6.42 Å². The Morgan fingerprint density at radius 2 is 2.06 bits per heavy atom. The minimum Gasteiger partial charge on any atom is -0.198 e. The minimum absolute atomic E-state index is 0.277. The second-order valence-corrected chi connectivity index (χ2v) is 8.10. The molecule has 2 heteroatoms. The largest absolute Gasteiger partial charge is 0.198 e. The zero-order valence-electron chi connectivity index (χ0n) is 11.8. The average Bonchev–Trinajstić information content (AvgIpc) is 2.29. The van der Waals surface area contributed by atoms with Gasteiger partial charge in [-0.2, -0.15) is 5.26 Å². The number of nitriles is 1. The van der Waals surface area contributed by atoms with E-state index in [1.807, 2.05) is 0 Å². The number of nitrogens with zero attached hydrogens (tertiary/aromatic N) is 1. The normalized spacial score (nSPS) is 43.1. The van der Waals surface area contributed by atoms with Crippen LogP contribution < -0.4 is 0 Å². The molecule has 2 saturated carbocycles. The van der Waals surface area contributed by atoms with Crippen LogP contribution in [0.3, 0.4) is 0 Å². The van der Waals surface area contributed by atoms with E-state index >= 15 is 0 Å². The summed E-state index contributed by atoms with van der Waals surface area (Å²) >= 11 is 3.88. The standard InChI is InChI=1S/C16H24BrN/c1-11-5-6-13-15(2,3)14(17)7-9-16(13,4)12(11)8-10-18/h12-14H,1,5-9H2,2-4H3/t12-,13-,14-,16+/m0/s1. The highest BCUT2D eigenvalue weighted by Gasteiger charge is 2.55. The molecule has 0 spiro atoms. The van der Waals surface area contributed by atoms with Gasteiger partial charge in [-0.15, -0.1) is 0 Å². The molecular weight excluding hydrogens is 286 g/mol. The monoisotopic (exact) mass is 309 g/mol. The Labute approximate surface area is 120 Å². The van der Waals surface area contributed by atoms with Crippen LogP contribution in [-0.2, 0) is 0 Å². The van der Waals surface area contributed by atoms with Gasteiger partial charge in [0.25, 0.3) is 0 Å². The molecule has 2 rings (SSSR count). The molecule has 100 valence electrons. The van der Waals surface area contributed by atoms with Crippen molar-refractivity contribution in [3.8, 4) is 6.07 Å². The summed E-state index contributed by atoms with van der Waals surface area (Å²) in [7, 11) is 0. The maximum Gasteiger partial charge on any atom is 0.0628 e. The molecule has 1 nitrogen and oxygen atoms in total. The van der Waals surface area contributed by atoms with Crippen molar-refractivity contribution < 1.29 is 0 Å². The van der Waals surface area contributed by atoms with Crippen molar-refractivity contribution in [3.05, 3.63) is 12.2 Å². The Morgan fingerprint density at radius 1 is 1.39 bits per heavy atom. The minimum atomic E-state index is 0.277. The average molecular weight is 310 g/mol. The summed E-state index contributed by atoms with van der Waals surface area (Å²) in [6.45, 7) is 11.5. The SMILES string of the molecule is C=C1CC[C@H]2C(C)(C)[C@@H](Br)CC[C@]2(C)[C@H]1CC#N. The summed E-state index contributed by atoms with van der Waals surface area (Å²) in [6, 6.07) is 2.39. The number of hydrogen-bond donors (Lipinski definition) is 0. The molecule has 0 radical (unpaired) electrons. The first-order valence-electron chi connectivity index (χ1n) is 7.02. The van der Waals surface area contributed by atoms with Crippen LogP contribution in [0.1, 0.15) is 52.9 Å². The second-order valence-electron chi connectivity index (χ2n) is 7.00. The lowest BCUT2D eigenvalue weighted by Gasteiger charge is -2.59. The van der Waals surface area contributed by atoms with Gasteiger partial charge in [-0.05, 0) is 48.3 Å². The summed E-state index contributed by atoms with van der Waals surface area (Å²) in [5.74, 6) is 1.10. The van der Waals surface area contributed by atoms with Crippen LogP contribution in [0.25, 0.3) is 0 Å². The topological polar surface area (TPSA) is 23.8 Å². The van der Waals surface area contributed by atoms with Gasteiger partial charge >= 0.3 is 0 Å². The van der Waals surface area contributed by atoms with Crippen molar-refractivity contribution in [2.45, 2.75) is 57.7 Å². The van der Waals surface area contributed by atoms with E-state index in [9.17, 15) is 0 Å². The van der Waals surface area contributed by atoms with Crippen LogP contribution in [0.2, 0.25) is 0 Å². The predicted octanol–water partition coefficient (Wildman–Crippen LogP) is 5.07. The number of allylic oxidation sites excluding steroid dienone is 1. The fourth-order valence-corrected chi connectivity index (χ4v) is 5.16. The van der Waals surface area contributed by atoms with Crippen molar-refractivity contribution in [1.29, 1.82) is 5.26 Å². The van der Waals surface area contributed by atoms with Gasteiger partial charge in [0.05, 0.1) is 6.07 Å². The van der Waals surface area contributed by atoms with Gasteiger partial charge in [-0.3, -0.25) is 0 Å². The van der Waals surface area contributed by atoms with Gasteiger partial charge in [0.1, 0.15) is 0 Å². The lowest BCUT2D eigenvalue weighted by atomic mass is 9.47. The Bertz CT molecular complexity index is 392. The molecule has 0 aromatic carbocycles. The Kier molecular flexibility index (Phi) is 3.67. The number of alkyl halides is 1. The highest BCUT2D eigenvalue weighted by Crippen LogP contribution is 2.62. The van der Waals surface area contributed by atoms with Crippen LogP contribution in [0.4, 0.5) is 0 Å². The van der Waals surface area contributed by atoms with E-state index in [1.165, 1.54) is 24.8 Å². The molecule has 0 N–H and O–H groups in total.